The first-order valence-electron chi connectivity index (χ1n) is 22.3. The van der Waals surface area contributed by atoms with Gasteiger partial charge in [-0.15, -0.1) is 0 Å². The number of rotatable bonds is 40. The highest BCUT2D eigenvalue weighted by atomic mass is 16.5. The van der Waals surface area contributed by atoms with Gasteiger partial charge in [-0.2, -0.15) is 0 Å². The Morgan fingerprint density at radius 3 is 1.42 bits per heavy atom. The lowest BCUT2D eigenvalue weighted by Gasteiger charge is -2.20. The van der Waals surface area contributed by atoms with Crippen LogP contribution >= 0.6 is 0 Å². The van der Waals surface area contributed by atoms with Crippen molar-refractivity contribution in [1.29, 1.82) is 0 Å². The number of hydrogen-bond acceptors (Lipinski definition) is 5. The highest BCUT2D eigenvalue weighted by Gasteiger charge is 2.15. The van der Waals surface area contributed by atoms with Crippen LogP contribution in [0.3, 0.4) is 0 Å². The summed E-state index contributed by atoms with van der Waals surface area (Å²) < 4.78 is 5.48. The summed E-state index contributed by atoms with van der Waals surface area (Å²) in [6, 6.07) is 0. The fraction of sp³-hybridized carbons (Fsp3) is 0.932. The maximum absolute atomic E-state index is 12.1. The van der Waals surface area contributed by atoms with Crippen molar-refractivity contribution in [3.63, 3.8) is 0 Å². The second-order valence-corrected chi connectivity index (χ2v) is 15.5. The van der Waals surface area contributed by atoms with E-state index in [1.807, 2.05) is 0 Å². The largest absolute Gasteiger partial charge is 0.481 e. The molecule has 294 valence electrons. The Kier molecular flexibility index (Phi) is 34.5. The molecule has 6 heteroatoms. The Morgan fingerprint density at radius 2 is 0.940 bits per heavy atom. The average Bonchev–Trinajstić information content (AvgIpc) is 3.56. The molecule has 1 aliphatic heterocycles. The van der Waals surface area contributed by atoms with E-state index in [2.05, 4.69) is 11.8 Å². The van der Waals surface area contributed by atoms with Crippen LogP contribution in [0.5, 0.6) is 0 Å². The van der Waals surface area contributed by atoms with Crippen LogP contribution in [0.25, 0.3) is 0 Å². The minimum absolute atomic E-state index is 0.00969. The second-order valence-electron chi connectivity index (χ2n) is 15.5. The molecule has 0 saturated carbocycles. The summed E-state index contributed by atoms with van der Waals surface area (Å²) in [5, 5.41) is 8.70. The summed E-state index contributed by atoms with van der Waals surface area (Å²) in [6.45, 7) is 6.16. The Labute approximate surface area is 310 Å². The van der Waals surface area contributed by atoms with Gasteiger partial charge in [0.05, 0.1) is 19.0 Å². The number of unbranched alkanes of at least 4 members (excludes halogenated alkanes) is 30. The van der Waals surface area contributed by atoms with E-state index in [0.717, 1.165) is 51.6 Å². The first kappa shape index (κ1) is 46.4. The third-order valence-corrected chi connectivity index (χ3v) is 10.6. The van der Waals surface area contributed by atoms with Crippen molar-refractivity contribution in [2.24, 2.45) is 4.99 Å². The van der Waals surface area contributed by atoms with Gasteiger partial charge in [0, 0.05) is 32.4 Å². The monoisotopic (exact) mass is 705 g/mol. The first-order chi connectivity index (χ1) is 24.6. The van der Waals surface area contributed by atoms with Crippen molar-refractivity contribution in [3.05, 3.63) is 0 Å². The van der Waals surface area contributed by atoms with Gasteiger partial charge in [-0.25, -0.2) is 0 Å². The number of carboxylic acid groups (broad SMARTS) is 1. The number of nitrogens with zero attached hydrogens (tertiary/aromatic N) is 2. The van der Waals surface area contributed by atoms with Crippen LogP contribution in [0.1, 0.15) is 238 Å². The summed E-state index contributed by atoms with van der Waals surface area (Å²) in [6.07, 6.45) is 44.5. The lowest BCUT2D eigenvalue weighted by Crippen LogP contribution is -2.28. The quantitative estimate of drug-likeness (QED) is 0.0507. The lowest BCUT2D eigenvalue weighted by atomic mass is 10.0. The molecule has 0 atom stereocenters. The molecule has 0 spiro atoms. The Hall–Kier alpha value is -1.59. The summed E-state index contributed by atoms with van der Waals surface area (Å²) in [7, 11) is 0. The average molecular weight is 705 g/mol. The molecule has 1 N–H and O–H groups in total. The topological polar surface area (TPSA) is 79.2 Å². The SMILES string of the molecule is CCCCCCCCCCCCCCCCCCOC(=O)CCCCCCCCCCCN1CCN=C1CCCCCCCCCCC(=O)O. The van der Waals surface area contributed by atoms with Gasteiger partial charge in [0.15, 0.2) is 0 Å². The molecule has 6 nitrogen and oxygen atoms in total. The molecule has 0 aliphatic carbocycles. The highest BCUT2D eigenvalue weighted by molar-refractivity contribution is 5.83. The van der Waals surface area contributed by atoms with Crippen LogP contribution in [0.15, 0.2) is 4.99 Å². The molecule has 0 saturated heterocycles. The van der Waals surface area contributed by atoms with Crippen LogP contribution in [0.4, 0.5) is 0 Å². The molecular formula is C44H84N2O4. The maximum atomic E-state index is 12.1. The number of ether oxygens (including phenoxy) is 1. The minimum atomic E-state index is -0.668. The number of esters is 1. The maximum Gasteiger partial charge on any atom is 0.305 e. The zero-order chi connectivity index (χ0) is 36.0. The fourth-order valence-corrected chi connectivity index (χ4v) is 7.34. The summed E-state index contributed by atoms with van der Waals surface area (Å²) in [5.41, 5.74) is 0. The van der Waals surface area contributed by atoms with Crippen molar-refractivity contribution in [1.82, 2.24) is 4.90 Å². The Balaban J connectivity index is 1.77. The molecule has 1 rings (SSSR count). The number of carbonyl (C=O) groups is 2. The normalized spacial score (nSPS) is 12.9. The predicted molar refractivity (Wildman–Crippen MR) is 214 cm³/mol. The van der Waals surface area contributed by atoms with Crippen molar-refractivity contribution in [2.45, 2.75) is 238 Å². The predicted octanol–water partition coefficient (Wildman–Crippen LogP) is 13.4. The smallest absolute Gasteiger partial charge is 0.305 e. The van der Waals surface area contributed by atoms with E-state index in [-0.39, 0.29) is 5.97 Å². The van der Waals surface area contributed by atoms with Gasteiger partial charge in [-0.1, -0.05) is 187 Å². The van der Waals surface area contributed by atoms with Gasteiger partial charge in [-0.3, -0.25) is 14.6 Å². The van der Waals surface area contributed by atoms with Crippen LogP contribution in [0, 0.1) is 0 Å². The summed E-state index contributed by atoms with van der Waals surface area (Å²) >= 11 is 0. The molecule has 0 aromatic carbocycles. The van der Waals surface area contributed by atoms with Gasteiger partial charge in [0.25, 0.3) is 0 Å². The Bertz CT molecular complexity index is 786. The molecule has 1 heterocycles. The van der Waals surface area contributed by atoms with Crippen molar-refractivity contribution >= 4 is 17.8 Å². The third-order valence-electron chi connectivity index (χ3n) is 10.6. The van der Waals surface area contributed by atoms with Gasteiger partial charge in [0.1, 0.15) is 0 Å². The van der Waals surface area contributed by atoms with Crippen molar-refractivity contribution < 1.29 is 19.4 Å². The Morgan fingerprint density at radius 1 is 0.540 bits per heavy atom. The molecule has 1 aliphatic rings. The van der Waals surface area contributed by atoms with Crippen LogP contribution in [-0.2, 0) is 14.3 Å². The van der Waals surface area contributed by atoms with Gasteiger partial charge >= 0.3 is 11.9 Å². The van der Waals surface area contributed by atoms with Crippen molar-refractivity contribution in [2.75, 3.05) is 26.2 Å². The van der Waals surface area contributed by atoms with E-state index in [9.17, 15) is 9.59 Å². The fourth-order valence-electron chi connectivity index (χ4n) is 7.34. The van der Waals surface area contributed by atoms with Crippen LogP contribution in [0.2, 0.25) is 0 Å². The van der Waals surface area contributed by atoms with E-state index >= 15 is 0 Å². The molecule has 0 unspecified atom stereocenters. The zero-order valence-electron chi connectivity index (χ0n) is 33.4. The second kappa shape index (κ2) is 37.2. The molecule has 0 bridgehead atoms. The van der Waals surface area contributed by atoms with Gasteiger partial charge < -0.3 is 14.7 Å². The van der Waals surface area contributed by atoms with Gasteiger partial charge in [0.2, 0.25) is 0 Å². The number of carboxylic acids is 1. The van der Waals surface area contributed by atoms with Crippen LogP contribution in [-0.4, -0.2) is 54.0 Å². The molecule has 0 amide bonds. The zero-order valence-corrected chi connectivity index (χ0v) is 33.4. The molecule has 50 heavy (non-hydrogen) atoms. The van der Waals surface area contributed by atoms with E-state index in [1.165, 1.54) is 192 Å². The van der Waals surface area contributed by atoms with Gasteiger partial charge in [-0.05, 0) is 32.1 Å². The summed E-state index contributed by atoms with van der Waals surface area (Å²) in [4.78, 5) is 29.9. The molecule has 0 radical (unpaired) electrons. The third kappa shape index (κ3) is 32.3. The first-order valence-corrected chi connectivity index (χ1v) is 22.3. The van der Waals surface area contributed by atoms with E-state index < -0.39 is 5.97 Å². The molecule has 0 fully saturated rings. The molecule has 0 aromatic heterocycles. The number of carbonyl (C=O) groups excluding carboxylic acids is 1. The van der Waals surface area contributed by atoms with E-state index in [4.69, 9.17) is 14.8 Å². The molecular weight excluding hydrogens is 620 g/mol. The molecule has 0 aromatic rings. The number of aliphatic imine (C=N–C) groups is 1. The van der Waals surface area contributed by atoms with Crippen LogP contribution < -0.4 is 0 Å². The van der Waals surface area contributed by atoms with E-state index in [0.29, 0.717) is 19.4 Å². The lowest BCUT2D eigenvalue weighted by molar-refractivity contribution is -0.144. The number of amidine groups is 1. The number of aliphatic carboxylic acids is 1. The summed E-state index contributed by atoms with van der Waals surface area (Å²) in [5.74, 6) is 0.692. The highest BCUT2D eigenvalue weighted by Crippen LogP contribution is 2.17. The minimum Gasteiger partial charge on any atom is -0.481 e. The number of hydrogen-bond donors (Lipinski definition) is 1. The van der Waals surface area contributed by atoms with Crippen molar-refractivity contribution in [3.8, 4) is 0 Å². The van der Waals surface area contributed by atoms with E-state index in [1.54, 1.807) is 0 Å². The standard InChI is InChI=1S/C44H84N2O4/c1-2-3-4-5-6-7-8-9-10-11-12-13-19-24-29-34-41-50-44(49)37-32-27-22-15-14-18-23-28-33-39-46-40-38-45-42(46)35-30-25-20-16-17-21-26-31-36-43(47)48/h2-41H2,1H3,(H,47,48).